The molecule has 0 aliphatic heterocycles. The van der Waals surface area contributed by atoms with Crippen LogP contribution in [0.4, 0.5) is 14.5 Å². The van der Waals surface area contributed by atoms with Crippen LogP contribution in [0.25, 0.3) is 0 Å². The van der Waals surface area contributed by atoms with Crippen LogP contribution in [0.3, 0.4) is 0 Å². The van der Waals surface area contributed by atoms with E-state index in [9.17, 15) is 18.4 Å². The first-order chi connectivity index (χ1) is 13.8. The lowest BCUT2D eigenvalue weighted by Crippen LogP contribution is -2.44. The molecule has 0 saturated heterocycles. The molecule has 0 aliphatic carbocycles. The summed E-state index contributed by atoms with van der Waals surface area (Å²) in [6.45, 7) is -2.93. The van der Waals surface area contributed by atoms with Crippen LogP contribution in [-0.4, -0.2) is 36.5 Å². The van der Waals surface area contributed by atoms with E-state index in [1.54, 1.807) is 0 Å². The molecule has 1 unspecified atom stereocenters. The second-order valence-electron chi connectivity index (χ2n) is 5.82. The van der Waals surface area contributed by atoms with Gasteiger partial charge in [0, 0.05) is 10.7 Å². The molecule has 0 spiro atoms. The lowest BCUT2D eigenvalue weighted by Gasteiger charge is -2.19. The first kappa shape index (κ1) is 23.3. The van der Waals surface area contributed by atoms with Crippen molar-refractivity contribution in [1.29, 1.82) is 0 Å². The van der Waals surface area contributed by atoms with Gasteiger partial charge in [0.15, 0.2) is 0 Å². The number of rotatable bonds is 9. The topological polar surface area (TPSA) is 67.4 Å². The van der Waals surface area contributed by atoms with E-state index in [0.717, 1.165) is 0 Å². The summed E-state index contributed by atoms with van der Waals surface area (Å²) in [5, 5.41) is 5.89. The second kappa shape index (κ2) is 11.2. The first-order valence-electron chi connectivity index (χ1n) is 8.40. The Morgan fingerprint density at radius 3 is 2.41 bits per heavy atom. The van der Waals surface area contributed by atoms with Gasteiger partial charge in [0.2, 0.25) is 5.91 Å². The Hall–Kier alpha value is -2.03. The van der Waals surface area contributed by atoms with Crippen LogP contribution in [0.5, 0.6) is 5.75 Å². The Balaban J connectivity index is 2.07. The van der Waals surface area contributed by atoms with E-state index in [2.05, 4.69) is 15.4 Å². The fourth-order valence-electron chi connectivity index (χ4n) is 2.36. The fraction of sp³-hybridized carbons (Fsp3) is 0.263. The van der Waals surface area contributed by atoms with Gasteiger partial charge in [-0.3, -0.25) is 9.59 Å². The Morgan fingerprint density at radius 1 is 1.14 bits per heavy atom. The van der Waals surface area contributed by atoms with E-state index in [-0.39, 0.29) is 16.3 Å². The van der Waals surface area contributed by atoms with Gasteiger partial charge < -0.3 is 15.4 Å². The molecule has 0 aromatic heterocycles. The van der Waals surface area contributed by atoms with Gasteiger partial charge in [-0.25, -0.2) is 0 Å². The molecule has 10 heteroatoms. The summed E-state index contributed by atoms with van der Waals surface area (Å²) in [5.74, 6) is -0.343. The van der Waals surface area contributed by atoms with Gasteiger partial charge in [-0.1, -0.05) is 23.2 Å². The van der Waals surface area contributed by atoms with Gasteiger partial charge in [-0.05, 0) is 60.9 Å². The molecule has 0 saturated carbocycles. The summed E-state index contributed by atoms with van der Waals surface area (Å²) in [6, 6.07) is 9.11. The maximum Gasteiger partial charge on any atom is 0.387 e. The Morgan fingerprint density at radius 2 is 1.83 bits per heavy atom. The number of ether oxygens (including phenoxy) is 1. The zero-order valence-electron chi connectivity index (χ0n) is 15.3. The van der Waals surface area contributed by atoms with Crippen molar-refractivity contribution in [1.82, 2.24) is 5.32 Å². The molecular formula is C19H18Cl2F2N2O3S. The van der Waals surface area contributed by atoms with E-state index in [1.807, 2.05) is 6.26 Å². The maximum absolute atomic E-state index is 12.6. The lowest BCUT2D eigenvalue weighted by molar-refractivity contribution is -0.118. The number of benzene rings is 2. The molecule has 2 amide bonds. The lowest BCUT2D eigenvalue weighted by atomic mass is 10.1. The molecule has 5 nitrogen and oxygen atoms in total. The minimum atomic E-state index is -2.93. The molecule has 2 aromatic carbocycles. The highest BCUT2D eigenvalue weighted by Crippen LogP contribution is 2.22. The van der Waals surface area contributed by atoms with Crippen molar-refractivity contribution in [2.24, 2.45) is 0 Å². The molecule has 156 valence electrons. The normalized spacial score (nSPS) is 11.8. The average molecular weight is 463 g/mol. The Labute approximate surface area is 181 Å². The number of hydrogen-bond acceptors (Lipinski definition) is 4. The quantitative estimate of drug-likeness (QED) is 0.544. The Bertz CT molecular complexity index is 854. The summed E-state index contributed by atoms with van der Waals surface area (Å²) in [4.78, 5) is 25.2. The molecule has 0 radical (unpaired) electrons. The van der Waals surface area contributed by atoms with Gasteiger partial charge in [0.05, 0.1) is 10.6 Å². The van der Waals surface area contributed by atoms with Crippen molar-refractivity contribution in [2.45, 2.75) is 19.1 Å². The maximum atomic E-state index is 12.6. The van der Waals surface area contributed by atoms with E-state index in [0.29, 0.717) is 22.9 Å². The predicted molar refractivity (Wildman–Crippen MR) is 112 cm³/mol. The van der Waals surface area contributed by atoms with Crippen molar-refractivity contribution in [3.8, 4) is 5.75 Å². The smallest absolute Gasteiger partial charge is 0.387 e. The van der Waals surface area contributed by atoms with Gasteiger partial charge in [-0.15, -0.1) is 0 Å². The predicted octanol–water partition coefficient (Wildman–Crippen LogP) is 5.09. The van der Waals surface area contributed by atoms with Gasteiger partial charge in [0.25, 0.3) is 5.91 Å². The SMILES string of the molecule is CSCCC(NC(=O)c1ccc(Cl)cc1Cl)C(=O)Nc1ccc(OC(F)F)cc1. The van der Waals surface area contributed by atoms with Crippen LogP contribution in [-0.2, 0) is 4.79 Å². The van der Waals surface area contributed by atoms with E-state index >= 15 is 0 Å². The molecule has 2 N–H and O–H groups in total. The third-order valence-electron chi connectivity index (χ3n) is 3.76. The molecule has 2 aromatic rings. The molecule has 0 fully saturated rings. The highest BCUT2D eigenvalue weighted by molar-refractivity contribution is 7.98. The number of carbonyl (C=O) groups is 2. The number of thioether (sulfide) groups is 1. The van der Waals surface area contributed by atoms with Crippen LogP contribution < -0.4 is 15.4 Å². The summed E-state index contributed by atoms with van der Waals surface area (Å²) in [6.07, 6.45) is 2.27. The largest absolute Gasteiger partial charge is 0.435 e. The van der Waals surface area contributed by atoms with Crippen molar-refractivity contribution in [3.63, 3.8) is 0 Å². The van der Waals surface area contributed by atoms with Gasteiger partial charge in [-0.2, -0.15) is 20.5 Å². The van der Waals surface area contributed by atoms with Crippen LogP contribution in [0, 0.1) is 0 Å². The van der Waals surface area contributed by atoms with Crippen LogP contribution in [0.2, 0.25) is 10.0 Å². The van der Waals surface area contributed by atoms with Crippen molar-refractivity contribution in [2.75, 3.05) is 17.3 Å². The third-order valence-corrected chi connectivity index (χ3v) is 4.95. The summed E-state index contributed by atoms with van der Waals surface area (Å²) in [7, 11) is 0. The van der Waals surface area contributed by atoms with Crippen LogP contribution in [0.15, 0.2) is 42.5 Å². The van der Waals surface area contributed by atoms with Crippen LogP contribution in [0.1, 0.15) is 16.8 Å². The summed E-state index contributed by atoms with van der Waals surface area (Å²) < 4.78 is 28.7. The number of nitrogens with one attached hydrogen (secondary N) is 2. The minimum Gasteiger partial charge on any atom is -0.435 e. The van der Waals surface area contributed by atoms with Gasteiger partial charge in [0.1, 0.15) is 11.8 Å². The number of halogens is 4. The number of carbonyl (C=O) groups excluding carboxylic acids is 2. The molecule has 0 heterocycles. The summed E-state index contributed by atoms with van der Waals surface area (Å²) in [5.41, 5.74) is 0.580. The Kier molecular flexibility index (Phi) is 9.00. The molecule has 2 rings (SSSR count). The van der Waals surface area contributed by atoms with E-state index in [4.69, 9.17) is 23.2 Å². The number of alkyl halides is 2. The zero-order valence-corrected chi connectivity index (χ0v) is 17.6. The van der Waals surface area contributed by atoms with Crippen molar-refractivity contribution in [3.05, 3.63) is 58.1 Å². The standard InChI is InChI=1S/C19H18Cl2F2N2O3S/c1-29-9-8-16(25-17(26)14-7-2-11(20)10-15(14)21)18(27)24-12-3-5-13(6-4-12)28-19(22)23/h2-7,10,16,19H,8-9H2,1H3,(H,24,27)(H,25,26). The van der Waals surface area contributed by atoms with Crippen molar-refractivity contribution >= 4 is 52.5 Å². The van der Waals surface area contributed by atoms with E-state index in [1.165, 1.54) is 54.2 Å². The number of anilines is 1. The monoisotopic (exact) mass is 462 g/mol. The minimum absolute atomic E-state index is 0.0254. The highest BCUT2D eigenvalue weighted by atomic mass is 35.5. The second-order valence-corrected chi connectivity index (χ2v) is 7.65. The fourth-order valence-corrected chi connectivity index (χ4v) is 3.33. The molecule has 29 heavy (non-hydrogen) atoms. The number of amides is 2. The average Bonchev–Trinajstić information content (AvgIpc) is 2.66. The zero-order chi connectivity index (χ0) is 21.4. The third kappa shape index (κ3) is 7.38. The van der Waals surface area contributed by atoms with Crippen molar-refractivity contribution < 1.29 is 23.1 Å². The highest BCUT2D eigenvalue weighted by Gasteiger charge is 2.22. The molecule has 0 bridgehead atoms. The molecule has 1 atom stereocenters. The molecular weight excluding hydrogens is 445 g/mol. The summed E-state index contributed by atoms with van der Waals surface area (Å²) >= 11 is 13.4. The van der Waals surface area contributed by atoms with E-state index < -0.39 is 24.5 Å². The first-order valence-corrected chi connectivity index (χ1v) is 10.6. The molecule has 0 aliphatic rings. The van der Waals surface area contributed by atoms with Crippen LogP contribution >= 0.6 is 35.0 Å². The van der Waals surface area contributed by atoms with Gasteiger partial charge >= 0.3 is 6.61 Å². The number of hydrogen-bond donors (Lipinski definition) is 2.